The van der Waals surface area contributed by atoms with E-state index in [2.05, 4.69) is 26.1 Å². The molecule has 0 radical (unpaired) electrons. The highest BCUT2D eigenvalue weighted by molar-refractivity contribution is 7.85. The molecule has 0 bridgehead atoms. The van der Waals surface area contributed by atoms with Crippen LogP contribution in [0, 0.1) is 5.92 Å². The Kier molecular flexibility index (Phi) is 7.36. The molecule has 0 aliphatic heterocycles. The monoisotopic (exact) mass is 259 g/mol. The molecule has 0 heterocycles. The number of hydrogen-bond acceptors (Lipinski definition) is 2. The minimum atomic E-state index is -0.623. The van der Waals surface area contributed by atoms with Gasteiger partial charge in [0, 0.05) is 27.8 Å². The molecule has 0 spiro atoms. The van der Waals surface area contributed by atoms with E-state index in [0.717, 1.165) is 12.3 Å². The maximum Gasteiger partial charge on any atom is 0.0394 e. The van der Waals surface area contributed by atoms with Crippen molar-refractivity contribution < 1.29 is 4.21 Å². The maximum atomic E-state index is 12.4. The van der Waals surface area contributed by atoms with Gasteiger partial charge in [0.2, 0.25) is 0 Å². The summed E-state index contributed by atoms with van der Waals surface area (Å²) in [5.41, 5.74) is 0. The van der Waals surface area contributed by atoms with Gasteiger partial charge in [-0.3, -0.25) is 4.21 Å². The molecule has 0 aromatic carbocycles. The van der Waals surface area contributed by atoms with E-state index < -0.39 is 10.8 Å². The van der Waals surface area contributed by atoms with Gasteiger partial charge in [-0.1, -0.05) is 46.5 Å². The van der Waals surface area contributed by atoms with Crippen LogP contribution in [0.1, 0.15) is 59.3 Å². The van der Waals surface area contributed by atoms with Crippen LogP contribution in [0.5, 0.6) is 0 Å². The van der Waals surface area contributed by atoms with Gasteiger partial charge in [0.15, 0.2) is 0 Å². The molecular formula is C14H29NOS. The molecule has 1 N–H and O–H groups in total. The average molecular weight is 259 g/mol. The van der Waals surface area contributed by atoms with Crippen LogP contribution in [0.3, 0.4) is 0 Å². The molecule has 0 aromatic heterocycles. The van der Waals surface area contributed by atoms with Gasteiger partial charge in [0.05, 0.1) is 0 Å². The quantitative estimate of drug-likeness (QED) is 0.761. The SMILES string of the molecule is CCNC(CS(=O)C1CCCCC1)C(C)CC. The molecule has 1 aliphatic carbocycles. The van der Waals surface area contributed by atoms with Gasteiger partial charge in [0.1, 0.15) is 0 Å². The molecule has 1 saturated carbocycles. The molecule has 1 aliphatic rings. The van der Waals surface area contributed by atoms with Crippen LogP contribution >= 0.6 is 0 Å². The molecule has 0 amide bonds. The van der Waals surface area contributed by atoms with Gasteiger partial charge in [-0.05, 0) is 25.3 Å². The van der Waals surface area contributed by atoms with Crippen molar-refractivity contribution in [1.29, 1.82) is 0 Å². The lowest BCUT2D eigenvalue weighted by molar-refractivity contribution is 0.399. The first kappa shape index (κ1) is 15.2. The van der Waals surface area contributed by atoms with Crippen molar-refractivity contribution in [3.05, 3.63) is 0 Å². The fourth-order valence-electron chi connectivity index (χ4n) is 2.61. The molecule has 1 fully saturated rings. The molecule has 2 nitrogen and oxygen atoms in total. The second kappa shape index (κ2) is 8.25. The zero-order valence-corrected chi connectivity index (χ0v) is 12.5. The van der Waals surface area contributed by atoms with E-state index in [4.69, 9.17) is 0 Å². The molecule has 102 valence electrons. The minimum absolute atomic E-state index is 0.438. The predicted octanol–water partition coefficient (Wildman–Crippen LogP) is 3.09. The van der Waals surface area contributed by atoms with Crippen LogP contribution in [0.4, 0.5) is 0 Å². The summed E-state index contributed by atoms with van der Waals surface area (Å²) in [6.07, 6.45) is 7.45. The normalized spacial score (nSPS) is 23.2. The number of hydrogen-bond donors (Lipinski definition) is 1. The van der Waals surface area contributed by atoms with Gasteiger partial charge in [-0.25, -0.2) is 0 Å². The first-order valence-electron chi connectivity index (χ1n) is 7.29. The number of nitrogens with one attached hydrogen (secondary N) is 1. The van der Waals surface area contributed by atoms with E-state index in [1.54, 1.807) is 0 Å². The van der Waals surface area contributed by atoms with E-state index >= 15 is 0 Å². The lowest BCUT2D eigenvalue weighted by atomic mass is 10.0. The van der Waals surface area contributed by atoms with Crippen molar-refractivity contribution in [3.8, 4) is 0 Å². The van der Waals surface area contributed by atoms with Crippen LogP contribution in [-0.4, -0.2) is 27.8 Å². The highest BCUT2D eigenvalue weighted by atomic mass is 32.2. The Hall–Kier alpha value is 0.110. The Morgan fingerprint density at radius 2 is 1.88 bits per heavy atom. The maximum absolute atomic E-state index is 12.4. The Morgan fingerprint density at radius 1 is 1.24 bits per heavy atom. The van der Waals surface area contributed by atoms with Gasteiger partial charge in [-0.15, -0.1) is 0 Å². The van der Waals surface area contributed by atoms with Crippen LogP contribution in [0.2, 0.25) is 0 Å². The summed E-state index contributed by atoms with van der Waals surface area (Å²) in [6.45, 7) is 7.61. The van der Waals surface area contributed by atoms with Gasteiger partial charge >= 0.3 is 0 Å². The van der Waals surface area contributed by atoms with Crippen molar-refractivity contribution in [1.82, 2.24) is 5.32 Å². The molecule has 1 rings (SSSR count). The smallest absolute Gasteiger partial charge is 0.0394 e. The van der Waals surface area contributed by atoms with E-state index in [1.165, 1.54) is 38.5 Å². The highest BCUT2D eigenvalue weighted by Gasteiger charge is 2.24. The highest BCUT2D eigenvalue weighted by Crippen LogP contribution is 2.23. The average Bonchev–Trinajstić information content (AvgIpc) is 2.38. The lowest BCUT2D eigenvalue weighted by Crippen LogP contribution is -2.41. The third kappa shape index (κ3) is 5.09. The third-order valence-corrected chi connectivity index (χ3v) is 5.97. The van der Waals surface area contributed by atoms with Crippen molar-refractivity contribution >= 4 is 10.8 Å². The summed E-state index contributed by atoms with van der Waals surface area (Å²) < 4.78 is 12.4. The molecule has 3 atom stereocenters. The summed E-state index contributed by atoms with van der Waals surface area (Å²) in [5, 5.41) is 3.99. The van der Waals surface area contributed by atoms with E-state index in [0.29, 0.717) is 17.2 Å². The largest absolute Gasteiger partial charge is 0.313 e. The van der Waals surface area contributed by atoms with Crippen LogP contribution < -0.4 is 5.32 Å². The molecule has 0 saturated heterocycles. The predicted molar refractivity (Wildman–Crippen MR) is 76.8 cm³/mol. The first-order valence-corrected chi connectivity index (χ1v) is 8.67. The summed E-state index contributed by atoms with van der Waals surface area (Å²) in [6, 6.07) is 0.438. The summed E-state index contributed by atoms with van der Waals surface area (Å²) >= 11 is 0. The van der Waals surface area contributed by atoms with E-state index in [-0.39, 0.29) is 0 Å². The molecule has 17 heavy (non-hydrogen) atoms. The van der Waals surface area contributed by atoms with Crippen LogP contribution in [0.15, 0.2) is 0 Å². The van der Waals surface area contributed by atoms with Crippen LogP contribution in [0.25, 0.3) is 0 Å². The second-order valence-corrected chi connectivity index (χ2v) is 7.12. The molecule has 0 aromatic rings. The van der Waals surface area contributed by atoms with Crippen molar-refractivity contribution in [2.45, 2.75) is 70.6 Å². The van der Waals surface area contributed by atoms with E-state index in [1.807, 2.05) is 0 Å². The zero-order chi connectivity index (χ0) is 12.7. The first-order chi connectivity index (χ1) is 8.19. The fourth-order valence-corrected chi connectivity index (χ4v) is 4.54. The van der Waals surface area contributed by atoms with Gasteiger partial charge in [-0.2, -0.15) is 0 Å². The fraction of sp³-hybridized carbons (Fsp3) is 1.00. The van der Waals surface area contributed by atoms with Crippen molar-refractivity contribution in [2.75, 3.05) is 12.3 Å². The summed E-state index contributed by atoms with van der Waals surface area (Å²) in [4.78, 5) is 0. The molecular weight excluding hydrogens is 230 g/mol. The van der Waals surface area contributed by atoms with E-state index in [9.17, 15) is 4.21 Å². The van der Waals surface area contributed by atoms with Gasteiger partial charge in [0.25, 0.3) is 0 Å². The standard InChI is InChI=1S/C14H29NOS/c1-4-12(3)14(15-5-2)11-17(16)13-9-7-6-8-10-13/h12-15H,4-11H2,1-3H3. The zero-order valence-electron chi connectivity index (χ0n) is 11.7. The lowest BCUT2D eigenvalue weighted by Gasteiger charge is -2.27. The Balaban J connectivity index is 2.44. The summed E-state index contributed by atoms with van der Waals surface area (Å²) in [7, 11) is -0.623. The van der Waals surface area contributed by atoms with Crippen LogP contribution in [-0.2, 0) is 10.8 Å². The Labute approximate surface area is 109 Å². The molecule has 3 unspecified atom stereocenters. The Morgan fingerprint density at radius 3 is 2.41 bits per heavy atom. The topological polar surface area (TPSA) is 29.1 Å². The Bertz CT molecular complexity index is 226. The summed E-state index contributed by atoms with van der Waals surface area (Å²) in [5.74, 6) is 1.48. The number of rotatable bonds is 7. The third-order valence-electron chi connectivity index (χ3n) is 4.06. The van der Waals surface area contributed by atoms with Crippen molar-refractivity contribution in [3.63, 3.8) is 0 Å². The van der Waals surface area contributed by atoms with Crippen molar-refractivity contribution in [2.24, 2.45) is 5.92 Å². The van der Waals surface area contributed by atoms with Gasteiger partial charge < -0.3 is 5.32 Å². The second-order valence-electron chi connectivity index (χ2n) is 5.36. The molecule has 3 heteroatoms. The minimum Gasteiger partial charge on any atom is -0.313 e.